The van der Waals surface area contributed by atoms with Gasteiger partial charge in [0.2, 0.25) is 0 Å². The van der Waals surface area contributed by atoms with Crippen molar-refractivity contribution in [2.45, 2.75) is 26.4 Å². The van der Waals surface area contributed by atoms with Crippen LogP contribution in [0.25, 0.3) is 0 Å². The highest BCUT2D eigenvalue weighted by Crippen LogP contribution is 2.11. The highest BCUT2D eigenvalue weighted by molar-refractivity contribution is 7.07. The summed E-state index contributed by atoms with van der Waals surface area (Å²) < 4.78 is 0. The molecule has 0 unspecified atom stereocenters. The molecule has 0 amide bonds. The Hall–Kier alpha value is -1.53. The summed E-state index contributed by atoms with van der Waals surface area (Å²) in [5.41, 5.74) is 3.87. The van der Waals surface area contributed by atoms with Crippen molar-refractivity contribution in [3.8, 4) is 0 Å². The van der Waals surface area contributed by atoms with Crippen LogP contribution in [-0.2, 0) is 13.1 Å². The standard InChI is InChI=1S/C13H19N5S/c1-3-4-14-5-11-6-16-13(7-15-11)18(2)8-12-9-19-10-17-12/h6-7,9-10,14H,3-5,8H2,1-2H3. The highest BCUT2D eigenvalue weighted by atomic mass is 32.1. The van der Waals surface area contributed by atoms with Gasteiger partial charge in [0.15, 0.2) is 0 Å². The van der Waals surface area contributed by atoms with E-state index in [0.29, 0.717) is 0 Å². The van der Waals surface area contributed by atoms with E-state index in [4.69, 9.17) is 0 Å². The Labute approximate surface area is 117 Å². The van der Waals surface area contributed by atoms with Crippen LogP contribution in [0.15, 0.2) is 23.3 Å². The van der Waals surface area contributed by atoms with Gasteiger partial charge in [-0.1, -0.05) is 6.92 Å². The molecular formula is C13H19N5S. The zero-order valence-electron chi connectivity index (χ0n) is 11.3. The lowest BCUT2D eigenvalue weighted by molar-refractivity contribution is 0.661. The molecule has 102 valence electrons. The Kier molecular flexibility index (Phi) is 5.23. The minimum atomic E-state index is 0.756. The predicted octanol–water partition coefficient (Wildman–Crippen LogP) is 2.07. The Morgan fingerprint density at radius 2 is 2.11 bits per heavy atom. The lowest BCUT2D eigenvalue weighted by atomic mass is 10.4. The van der Waals surface area contributed by atoms with Crippen LogP contribution in [-0.4, -0.2) is 28.5 Å². The molecule has 0 aliphatic carbocycles. The molecule has 0 aliphatic heterocycles. The van der Waals surface area contributed by atoms with E-state index in [2.05, 4.69) is 27.2 Å². The maximum atomic E-state index is 4.44. The van der Waals surface area contributed by atoms with E-state index < -0.39 is 0 Å². The van der Waals surface area contributed by atoms with Gasteiger partial charge in [-0.2, -0.15) is 0 Å². The summed E-state index contributed by atoms with van der Waals surface area (Å²) in [5.74, 6) is 0.868. The van der Waals surface area contributed by atoms with E-state index in [1.165, 1.54) is 0 Å². The fourth-order valence-electron chi connectivity index (χ4n) is 1.67. The topological polar surface area (TPSA) is 53.9 Å². The number of anilines is 1. The summed E-state index contributed by atoms with van der Waals surface area (Å²) in [4.78, 5) is 15.2. The van der Waals surface area contributed by atoms with Crippen LogP contribution in [0, 0.1) is 0 Å². The summed E-state index contributed by atoms with van der Waals surface area (Å²) in [6.07, 6.45) is 4.77. The zero-order valence-corrected chi connectivity index (χ0v) is 12.2. The van der Waals surface area contributed by atoms with Gasteiger partial charge in [-0.05, 0) is 13.0 Å². The van der Waals surface area contributed by atoms with Gasteiger partial charge >= 0.3 is 0 Å². The van der Waals surface area contributed by atoms with Gasteiger partial charge in [-0.25, -0.2) is 9.97 Å². The molecule has 0 fully saturated rings. The first-order chi connectivity index (χ1) is 9.29. The van der Waals surface area contributed by atoms with Crippen LogP contribution in [0.4, 0.5) is 5.82 Å². The molecule has 5 nitrogen and oxygen atoms in total. The van der Waals surface area contributed by atoms with Crippen LogP contribution in [0.1, 0.15) is 24.7 Å². The molecule has 2 rings (SSSR count). The summed E-state index contributed by atoms with van der Waals surface area (Å²) in [5, 5.41) is 5.36. The molecule has 2 heterocycles. The van der Waals surface area contributed by atoms with E-state index >= 15 is 0 Å². The fourth-order valence-corrected chi connectivity index (χ4v) is 2.22. The molecule has 0 saturated heterocycles. The fraction of sp³-hybridized carbons (Fsp3) is 0.462. The molecule has 19 heavy (non-hydrogen) atoms. The van der Waals surface area contributed by atoms with Crippen LogP contribution in [0.2, 0.25) is 0 Å². The van der Waals surface area contributed by atoms with Crippen molar-refractivity contribution in [3.05, 3.63) is 34.7 Å². The highest BCUT2D eigenvalue weighted by Gasteiger charge is 2.05. The molecule has 0 radical (unpaired) electrons. The van der Waals surface area contributed by atoms with Gasteiger partial charge < -0.3 is 10.2 Å². The second kappa shape index (κ2) is 7.16. The molecule has 0 saturated carbocycles. The Bertz CT molecular complexity index is 468. The van der Waals surface area contributed by atoms with Crippen molar-refractivity contribution in [3.63, 3.8) is 0 Å². The van der Waals surface area contributed by atoms with E-state index in [9.17, 15) is 0 Å². The second-order valence-corrected chi connectivity index (χ2v) is 5.10. The van der Waals surface area contributed by atoms with Gasteiger partial charge in [0.05, 0.1) is 35.8 Å². The first-order valence-electron chi connectivity index (χ1n) is 6.39. The smallest absolute Gasteiger partial charge is 0.147 e. The maximum Gasteiger partial charge on any atom is 0.147 e. The molecule has 2 aromatic rings. The lowest BCUT2D eigenvalue weighted by Crippen LogP contribution is -2.19. The molecule has 1 N–H and O–H groups in total. The number of nitrogens with zero attached hydrogens (tertiary/aromatic N) is 4. The van der Waals surface area contributed by atoms with Gasteiger partial charge in [-0.15, -0.1) is 11.3 Å². The molecule has 0 atom stereocenters. The van der Waals surface area contributed by atoms with E-state index in [1.54, 1.807) is 11.3 Å². The molecule has 0 spiro atoms. The summed E-state index contributed by atoms with van der Waals surface area (Å²) in [7, 11) is 2.00. The largest absolute Gasteiger partial charge is 0.352 e. The van der Waals surface area contributed by atoms with Crippen molar-refractivity contribution >= 4 is 17.2 Å². The Balaban J connectivity index is 1.90. The zero-order chi connectivity index (χ0) is 13.5. The first-order valence-corrected chi connectivity index (χ1v) is 7.33. The molecule has 0 aromatic carbocycles. The van der Waals surface area contributed by atoms with Gasteiger partial charge in [-0.3, -0.25) is 4.98 Å². The van der Waals surface area contributed by atoms with Crippen molar-refractivity contribution in [2.24, 2.45) is 0 Å². The van der Waals surface area contributed by atoms with Crippen LogP contribution in [0.5, 0.6) is 0 Å². The number of hydrogen-bond donors (Lipinski definition) is 1. The number of hydrogen-bond acceptors (Lipinski definition) is 6. The van der Waals surface area contributed by atoms with E-state index in [1.807, 2.05) is 35.2 Å². The van der Waals surface area contributed by atoms with Gasteiger partial charge in [0.25, 0.3) is 0 Å². The second-order valence-electron chi connectivity index (χ2n) is 4.38. The van der Waals surface area contributed by atoms with Crippen molar-refractivity contribution in [1.82, 2.24) is 20.3 Å². The summed E-state index contributed by atoms with van der Waals surface area (Å²) >= 11 is 1.61. The van der Waals surface area contributed by atoms with E-state index in [-0.39, 0.29) is 0 Å². The quantitative estimate of drug-likeness (QED) is 0.785. The number of thiazole rings is 1. The van der Waals surface area contributed by atoms with Crippen molar-refractivity contribution in [1.29, 1.82) is 0 Å². The first kappa shape index (κ1) is 13.9. The third-order valence-corrected chi connectivity index (χ3v) is 3.33. The van der Waals surface area contributed by atoms with Crippen LogP contribution in [0.3, 0.4) is 0 Å². The molecule has 0 aliphatic rings. The lowest BCUT2D eigenvalue weighted by Gasteiger charge is -2.16. The number of nitrogens with one attached hydrogen (secondary N) is 1. The van der Waals surface area contributed by atoms with Crippen molar-refractivity contribution < 1.29 is 0 Å². The average Bonchev–Trinajstić information content (AvgIpc) is 2.93. The van der Waals surface area contributed by atoms with Crippen LogP contribution < -0.4 is 10.2 Å². The maximum absolute atomic E-state index is 4.44. The SMILES string of the molecule is CCCNCc1cnc(N(C)Cc2cscn2)cn1. The molecule has 6 heteroatoms. The monoisotopic (exact) mass is 277 g/mol. The Morgan fingerprint density at radius 3 is 2.74 bits per heavy atom. The Morgan fingerprint density at radius 1 is 1.21 bits per heavy atom. The minimum Gasteiger partial charge on any atom is -0.352 e. The average molecular weight is 277 g/mol. The molecular weight excluding hydrogens is 258 g/mol. The molecule has 2 aromatic heterocycles. The third-order valence-electron chi connectivity index (χ3n) is 2.70. The third kappa shape index (κ3) is 4.25. The van der Waals surface area contributed by atoms with Gasteiger partial charge in [0, 0.05) is 19.0 Å². The minimum absolute atomic E-state index is 0.756. The summed E-state index contributed by atoms with van der Waals surface area (Å²) in [6.45, 7) is 4.69. The summed E-state index contributed by atoms with van der Waals surface area (Å²) in [6, 6.07) is 0. The van der Waals surface area contributed by atoms with Gasteiger partial charge in [0.1, 0.15) is 5.82 Å². The molecule has 0 bridgehead atoms. The van der Waals surface area contributed by atoms with E-state index in [0.717, 1.165) is 43.3 Å². The van der Waals surface area contributed by atoms with Crippen LogP contribution >= 0.6 is 11.3 Å². The number of rotatable bonds is 7. The normalized spacial score (nSPS) is 10.6. The van der Waals surface area contributed by atoms with Crippen molar-refractivity contribution in [2.75, 3.05) is 18.5 Å². The number of aromatic nitrogens is 3. The predicted molar refractivity (Wildman–Crippen MR) is 78.3 cm³/mol.